The molecule has 2 amide bonds. The monoisotopic (exact) mass is 351 g/mol. The van der Waals surface area contributed by atoms with Crippen LogP contribution in [0, 0.1) is 17.3 Å². The van der Waals surface area contributed by atoms with E-state index in [0.717, 1.165) is 12.8 Å². The van der Waals surface area contributed by atoms with Crippen LogP contribution in [-0.4, -0.2) is 66.7 Å². The molecule has 2 aliphatic carbocycles. The zero-order valence-electron chi connectivity index (χ0n) is 15.7. The van der Waals surface area contributed by atoms with Crippen LogP contribution in [-0.2, 0) is 4.79 Å². The first-order chi connectivity index (χ1) is 11.9. The maximum Gasteiger partial charge on any atom is 0.317 e. The van der Waals surface area contributed by atoms with E-state index in [1.165, 1.54) is 32.1 Å². The van der Waals surface area contributed by atoms with Gasteiger partial charge >= 0.3 is 12.0 Å². The van der Waals surface area contributed by atoms with Crippen LogP contribution in [0.2, 0.25) is 0 Å². The fourth-order valence-corrected chi connectivity index (χ4v) is 5.39. The average Bonchev–Trinajstić information content (AvgIpc) is 3.14. The molecule has 0 aromatic rings. The molecule has 2 N–H and O–H groups in total. The normalized spacial score (nSPS) is 31.2. The second-order valence-corrected chi connectivity index (χ2v) is 8.55. The highest BCUT2D eigenvalue weighted by molar-refractivity contribution is 5.80. The van der Waals surface area contributed by atoms with Crippen molar-refractivity contribution in [2.75, 3.05) is 33.7 Å². The minimum absolute atomic E-state index is 0.0855. The zero-order chi connectivity index (χ0) is 18.0. The molecule has 142 valence electrons. The van der Waals surface area contributed by atoms with E-state index in [-0.39, 0.29) is 11.9 Å². The Morgan fingerprint density at radius 1 is 1.20 bits per heavy atom. The van der Waals surface area contributed by atoms with Crippen molar-refractivity contribution in [2.24, 2.45) is 17.3 Å². The first-order valence-corrected chi connectivity index (χ1v) is 9.86. The van der Waals surface area contributed by atoms with E-state index < -0.39 is 11.4 Å². The van der Waals surface area contributed by atoms with Crippen LogP contribution in [0.5, 0.6) is 0 Å². The number of nitrogens with zero attached hydrogens (tertiary/aromatic N) is 2. The highest BCUT2D eigenvalue weighted by atomic mass is 16.4. The van der Waals surface area contributed by atoms with Crippen LogP contribution in [0.1, 0.15) is 51.4 Å². The van der Waals surface area contributed by atoms with Crippen LogP contribution >= 0.6 is 0 Å². The predicted octanol–water partition coefficient (Wildman–Crippen LogP) is 2.39. The quantitative estimate of drug-likeness (QED) is 0.798. The van der Waals surface area contributed by atoms with Gasteiger partial charge in [-0.3, -0.25) is 4.79 Å². The fraction of sp³-hybridized carbons (Fsp3) is 0.895. The van der Waals surface area contributed by atoms with Crippen molar-refractivity contribution in [1.29, 1.82) is 0 Å². The maximum atomic E-state index is 12.7. The van der Waals surface area contributed by atoms with Crippen molar-refractivity contribution in [2.45, 2.75) is 57.4 Å². The summed E-state index contributed by atoms with van der Waals surface area (Å²) in [6.45, 7) is 1.61. The van der Waals surface area contributed by atoms with Gasteiger partial charge in [0.25, 0.3) is 0 Å². The topological polar surface area (TPSA) is 72.9 Å². The van der Waals surface area contributed by atoms with Gasteiger partial charge in [-0.1, -0.05) is 25.7 Å². The van der Waals surface area contributed by atoms with Gasteiger partial charge < -0.3 is 20.2 Å². The van der Waals surface area contributed by atoms with Crippen LogP contribution in [0.25, 0.3) is 0 Å². The summed E-state index contributed by atoms with van der Waals surface area (Å²) >= 11 is 0. The Labute approximate surface area is 150 Å². The number of nitrogens with one attached hydrogen (secondary N) is 1. The Hall–Kier alpha value is -1.30. The lowest BCUT2D eigenvalue weighted by atomic mass is 9.81. The van der Waals surface area contributed by atoms with Crippen molar-refractivity contribution < 1.29 is 14.7 Å². The Morgan fingerprint density at radius 3 is 2.52 bits per heavy atom. The summed E-state index contributed by atoms with van der Waals surface area (Å²) in [5.41, 5.74) is -0.693. The van der Waals surface area contributed by atoms with Crippen molar-refractivity contribution >= 4 is 12.0 Å². The number of carbonyl (C=O) groups is 2. The minimum atomic E-state index is -0.723. The molecule has 1 heterocycles. The van der Waals surface area contributed by atoms with E-state index >= 15 is 0 Å². The highest BCUT2D eigenvalue weighted by Gasteiger charge is 2.55. The van der Waals surface area contributed by atoms with E-state index in [1.807, 2.05) is 0 Å². The van der Waals surface area contributed by atoms with Gasteiger partial charge in [0.15, 0.2) is 0 Å². The summed E-state index contributed by atoms with van der Waals surface area (Å²) < 4.78 is 0. The Balaban J connectivity index is 1.56. The van der Waals surface area contributed by atoms with Gasteiger partial charge in [-0.25, -0.2) is 4.79 Å². The molecule has 1 unspecified atom stereocenters. The molecule has 2 saturated carbocycles. The SMILES string of the molecule is CN(C)C(CNC(=O)N1C[C@@H]2CCC[C@@]2(C(=O)O)C1)C1CCCCC1. The first-order valence-electron chi connectivity index (χ1n) is 9.86. The molecular formula is C19H33N3O3. The smallest absolute Gasteiger partial charge is 0.317 e. The number of aliphatic carboxylic acids is 1. The van der Waals surface area contributed by atoms with Gasteiger partial charge in [0.05, 0.1) is 5.41 Å². The number of amides is 2. The number of urea groups is 1. The Morgan fingerprint density at radius 2 is 1.92 bits per heavy atom. The second kappa shape index (κ2) is 7.52. The molecule has 3 atom stereocenters. The molecule has 6 heteroatoms. The second-order valence-electron chi connectivity index (χ2n) is 8.55. The summed E-state index contributed by atoms with van der Waals surface area (Å²) in [5, 5.41) is 12.8. The molecule has 0 aromatic carbocycles. The molecular weight excluding hydrogens is 318 g/mol. The zero-order valence-corrected chi connectivity index (χ0v) is 15.7. The third-order valence-electron chi connectivity index (χ3n) is 6.90. The molecule has 3 rings (SSSR count). The Kier molecular flexibility index (Phi) is 5.56. The largest absolute Gasteiger partial charge is 0.481 e. The van der Waals surface area contributed by atoms with Crippen LogP contribution < -0.4 is 5.32 Å². The van der Waals surface area contributed by atoms with Crippen molar-refractivity contribution in [3.63, 3.8) is 0 Å². The molecule has 1 aliphatic heterocycles. The van der Waals surface area contributed by atoms with Crippen LogP contribution in [0.15, 0.2) is 0 Å². The fourth-order valence-electron chi connectivity index (χ4n) is 5.39. The third-order valence-corrected chi connectivity index (χ3v) is 6.90. The van der Waals surface area contributed by atoms with Crippen molar-refractivity contribution in [1.82, 2.24) is 15.1 Å². The molecule has 0 radical (unpaired) electrons. The Bertz CT molecular complexity index is 504. The number of likely N-dealkylation sites (tertiary alicyclic amines) is 1. The number of carbonyl (C=O) groups excluding carboxylic acids is 1. The van der Waals surface area contributed by atoms with E-state index in [1.54, 1.807) is 4.90 Å². The standard InChI is InChI=1S/C19H33N3O3/c1-21(2)16(14-7-4-3-5-8-14)11-20-18(25)22-12-15-9-6-10-19(15,13-22)17(23)24/h14-16H,3-13H2,1-2H3,(H,20,25)(H,23,24)/t15-,16?,19+/m0/s1. The number of rotatable bonds is 5. The molecule has 3 aliphatic rings. The number of carboxylic acids is 1. The molecule has 0 aromatic heterocycles. The van der Waals surface area contributed by atoms with Gasteiger partial charge in [-0.15, -0.1) is 0 Å². The van der Waals surface area contributed by atoms with Gasteiger partial charge in [0, 0.05) is 25.7 Å². The van der Waals surface area contributed by atoms with Crippen molar-refractivity contribution in [3.05, 3.63) is 0 Å². The van der Waals surface area contributed by atoms with E-state index in [9.17, 15) is 14.7 Å². The van der Waals surface area contributed by atoms with E-state index in [2.05, 4.69) is 24.3 Å². The van der Waals surface area contributed by atoms with E-state index in [4.69, 9.17) is 0 Å². The van der Waals surface area contributed by atoms with Gasteiger partial charge in [0.1, 0.15) is 0 Å². The molecule has 0 spiro atoms. The predicted molar refractivity (Wildman–Crippen MR) is 96.4 cm³/mol. The van der Waals surface area contributed by atoms with Gasteiger partial charge in [-0.05, 0) is 51.6 Å². The van der Waals surface area contributed by atoms with Crippen molar-refractivity contribution in [3.8, 4) is 0 Å². The average molecular weight is 351 g/mol. The lowest BCUT2D eigenvalue weighted by Crippen LogP contribution is -2.49. The maximum absolute atomic E-state index is 12.7. The van der Waals surface area contributed by atoms with Gasteiger partial charge in [-0.2, -0.15) is 0 Å². The summed E-state index contributed by atoms with van der Waals surface area (Å²) in [4.78, 5) is 28.4. The lowest BCUT2D eigenvalue weighted by molar-refractivity contribution is -0.149. The summed E-state index contributed by atoms with van der Waals surface area (Å²) in [5.74, 6) is 0.0461. The number of hydrogen-bond acceptors (Lipinski definition) is 3. The first kappa shape index (κ1) is 18.5. The number of likely N-dealkylation sites (N-methyl/N-ethyl adjacent to an activating group) is 1. The summed E-state index contributed by atoms with van der Waals surface area (Å²) in [6.07, 6.45) is 9.00. The third kappa shape index (κ3) is 3.64. The minimum Gasteiger partial charge on any atom is -0.481 e. The van der Waals surface area contributed by atoms with Crippen LogP contribution in [0.4, 0.5) is 4.79 Å². The van der Waals surface area contributed by atoms with E-state index in [0.29, 0.717) is 38.0 Å². The molecule has 6 nitrogen and oxygen atoms in total. The highest BCUT2D eigenvalue weighted by Crippen LogP contribution is 2.48. The molecule has 3 fully saturated rings. The number of hydrogen-bond donors (Lipinski definition) is 2. The summed E-state index contributed by atoms with van der Waals surface area (Å²) in [6, 6.07) is 0.275. The lowest BCUT2D eigenvalue weighted by Gasteiger charge is -2.35. The molecule has 25 heavy (non-hydrogen) atoms. The van der Waals surface area contributed by atoms with Gasteiger partial charge in [0.2, 0.25) is 0 Å². The molecule has 0 bridgehead atoms. The molecule has 1 saturated heterocycles. The van der Waals surface area contributed by atoms with Crippen LogP contribution in [0.3, 0.4) is 0 Å². The number of carboxylic acid groups (broad SMARTS) is 1. The summed E-state index contributed by atoms with van der Waals surface area (Å²) in [7, 11) is 4.18. The number of fused-ring (bicyclic) bond motifs is 1.